The number of hydrogen-bond donors (Lipinski definition) is 0. The number of pyridine rings is 7. The van der Waals surface area contributed by atoms with Gasteiger partial charge in [0.25, 0.3) is 0 Å². The number of aryl methyl sites for hydroxylation is 16. The lowest BCUT2D eigenvalue weighted by Gasteiger charge is -2.19. The lowest BCUT2D eigenvalue weighted by atomic mass is 9.86. The fourth-order valence-corrected chi connectivity index (χ4v) is 12.2. The minimum Gasteiger partial charge on any atom is -0.205 e. The maximum Gasteiger partial charge on any atom is 0.189 e. The monoisotopic (exact) mass is 1230 g/mol. The molecule has 492 valence electrons. The lowest BCUT2D eigenvalue weighted by molar-refractivity contribution is -0.683. The summed E-state index contributed by atoms with van der Waals surface area (Å²) < 4.78 is 104. The first-order chi connectivity index (χ1) is 44.8. The first kappa shape index (κ1) is 61.9. The Bertz CT molecular complexity index is 3830. The van der Waals surface area contributed by atoms with Gasteiger partial charge in [-0.3, -0.25) is 0 Å². The van der Waals surface area contributed by atoms with Crippen molar-refractivity contribution in [2.75, 3.05) is 0 Å². The second-order valence-electron chi connectivity index (χ2n) is 32.1. The molecule has 0 N–H and O–H groups in total. The Hall–Kier alpha value is -5.95. The van der Waals surface area contributed by atoms with E-state index in [1.807, 2.05) is 86.3 Å². The quantitative estimate of drug-likeness (QED) is 0.135. The molecule has 7 rings (SSSR count). The highest BCUT2D eigenvalue weighted by molar-refractivity contribution is 5.34. The number of rotatable bonds is 0. The Morgan fingerprint density at radius 3 is 1.08 bits per heavy atom. The van der Waals surface area contributed by atoms with E-state index in [-0.39, 0.29) is 37.9 Å². The van der Waals surface area contributed by atoms with Crippen LogP contribution >= 0.6 is 0 Å². The van der Waals surface area contributed by atoms with E-state index in [0.29, 0.717) is 22.3 Å². The van der Waals surface area contributed by atoms with Crippen LogP contribution < -0.4 is 32.0 Å². The first-order valence-electron chi connectivity index (χ1n) is 37.7. The summed E-state index contributed by atoms with van der Waals surface area (Å²) in [7, 11) is 13.9. The van der Waals surface area contributed by atoms with Crippen LogP contribution in [0, 0.1) is 82.8 Å². The van der Waals surface area contributed by atoms with Gasteiger partial charge in [0, 0.05) is 135 Å². The van der Waals surface area contributed by atoms with E-state index >= 15 is 0 Å². The van der Waals surface area contributed by atoms with E-state index in [1.165, 1.54) is 50.7 Å². The van der Waals surface area contributed by atoms with E-state index in [0.717, 1.165) is 33.6 Å². The molecular formula is C82H136N7+7. The van der Waals surface area contributed by atoms with Crippen molar-refractivity contribution in [2.24, 2.45) is 49.3 Å². The topological polar surface area (TPSA) is 27.2 Å². The van der Waals surface area contributed by atoms with Crippen LogP contribution in [0.15, 0.2) is 98.0 Å². The summed E-state index contributed by atoms with van der Waals surface area (Å²) in [6, 6.07) is 18.1. The van der Waals surface area contributed by atoms with Crippen molar-refractivity contribution in [2.45, 2.75) is 266 Å². The summed E-state index contributed by atoms with van der Waals surface area (Å²) in [5, 5.41) is 0. The lowest BCUT2D eigenvalue weighted by Crippen LogP contribution is -2.41. The van der Waals surface area contributed by atoms with E-state index in [4.69, 9.17) is 16.4 Å². The van der Waals surface area contributed by atoms with Crippen LogP contribution in [0.2, 0.25) is 0 Å². The molecule has 0 atom stereocenters. The van der Waals surface area contributed by atoms with Gasteiger partial charge in [0.05, 0.1) is 0 Å². The van der Waals surface area contributed by atoms with Crippen LogP contribution in [0.25, 0.3) is 0 Å². The average Bonchev–Trinajstić information content (AvgIpc) is 0.781. The molecule has 7 aromatic rings. The average molecular weight is 1230 g/mol. The van der Waals surface area contributed by atoms with Crippen LogP contribution in [0.5, 0.6) is 0 Å². The Labute approximate surface area is 566 Å². The van der Waals surface area contributed by atoms with Crippen molar-refractivity contribution >= 4 is 0 Å². The Balaban J connectivity index is 0.000000591. The van der Waals surface area contributed by atoms with Crippen LogP contribution in [-0.4, -0.2) is 0 Å². The van der Waals surface area contributed by atoms with Crippen LogP contribution in [0.3, 0.4) is 0 Å². The first-order valence-corrected chi connectivity index (χ1v) is 31.7. The third kappa shape index (κ3) is 25.0. The highest BCUT2D eigenvalue weighted by Gasteiger charge is 2.31. The van der Waals surface area contributed by atoms with E-state index < -0.39 is 27.4 Å². The van der Waals surface area contributed by atoms with Crippen molar-refractivity contribution in [1.82, 2.24) is 0 Å². The largest absolute Gasteiger partial charge is 0.205 e. The van der Waals surface area contributed by atoms with Crippen LogP contribution in [0.1, 0.15) is 268 Å². The molecule has 0 unspecified atom stereocenters. The van der Waals surface area contributed by atoms with Crippen molar-refractivity contribution in [3.8, 4) is 0 Å². The van der Waals surface area contributed by atoms with Gasteiger partial charge in [0.15, 0.2) is 83.2 Å². The van der Waals surface area contributed by atoms with Gasteiger partial charge in [-0.1, -0.05) is 145 Å². The fourth-order valence-electron chi connectivity index (χ4n) is 12.2. The Morgan fingerprint density at radius 2 is 0.674 bits per heavy atom. The van der Waals surface area contributed by atoms with Crippen LogP contribution in [0.4, 0.5) is 0 Å². The predicted molar refractivity (Wildman–Crippen MR) is 381 cm³/mol. The molecule has 0 saturated carbocycles. The SMILES string of the molecule is Cc1cc[n+](C)c(C(C)(C)C)c1.Cc1cc[n+](C)c(C(C)(C)C)c1C.Cc1ccc[n+](C)c1C(C)(C)C.[2H]C([2H])([2H])c1c[n+](C)c(C(C)(C)C)c(C)c1C.[2H]C([2H])([2H])c1c[n+](C)c(C(C)(C)C)cc1C.[2H]C([2H])([2H])c1cc(C)c(C(C)(C)C)[n+](C)c1.[2H]C([2H])([2H])c1ccc(C(C)(C)C)[n+](C)c1. The van der Waals surface area contributed by atoms with Crippen molar-refractivity contribution in [1.29, 1.82) is 0 Å². The molecule has 0 amide bonds. The molecule has 0 bridgehead atoms. The highest BCUT2D eigenvalue weighted by Crippen LogP contribution is 2.27. The Kier molecular flexibility index (Phi) is 22.2. The second-order valence-corrected chi connectivity index (χ2v) is 32.1. The zero-order valence-electron chi connectivity index (χ0n) is 75.4. The molecule has 0 spiro atoms. The summed E-state index contributed by atoms with van der Waals surface area (Å²) in [6.07, 6.45) is 13.2. The third-order valence-corrected chi connectivity index (χ3v) is 15.7. The maximum atomic E-state index is 7.55. The molecule has 7 heteroatoms. The molecule has 0 saturated heterocycles. The predicted octanol–water partition coefficient (Wildman–Crippen LogP) is 16.4. The summed E-state index contributed by atoms with van der Waals surface area (Å²) in [5.41, 5.74) is 20.6. The molecule has 0 aromatic carbocycles. The molecule has 0 aliphatic rings. The van der Waals surface area contributed by atoms with Gasteiger partial charge in [-0.2, -0.15) is 0 Å². The summed E-state index contributed by atoms with van der Waals surface area (Å²) in [5.74, 6) is 0. The van der Waals surface area contributed by atoms with Crippen molar-refractivity contribution in [3.63, 3.8) is 0 Å². The van der Waals surface area contributed by atoms with E-state index in [1.54, 1.807) is 36.9 Å². The zero-order chi connectivity index (χ0) is 79.8. The number of aromatic nitrogens is 7. The Morgan fingerprint density at radius 1 is 0.258 bits per heavy atom. The number of hydrogen-bond acceptors (Lipinski definition) is 0. The van der Waals surface area contributed by atoms with Gasteiger partial charge in [-0.15, -0.1) is 0 Å². The summed E-state index contributed by atoms with van der Waals surface area (Å²) in [6.45, 7) is 54.0. The molecular weight excluding hydrogens is 1080 g/mol. The molecule has 7 heterocycles. The zero-order valence-corrected chi connectivity index (χ0v) is 63.4. The van der Waals surface area contributed by atoms with Gasteiger partial charge < -0.3 is 0 Å². The maximum absolute atomic E-state index is 7.55. The molecule has 7 nitrogen and oxygen atoms in total. The minimum absolute atomic E-state index is 0.0108. The minimum atomic E-state index is -2.04. The third-order valence-electron chi connectivity index (χ3n) is 15.7. The molecule has 0 aliphatic heterocycles. The van der Waals surface area contributed by atoms with E-state index in [9.17, 15) is 0 Å². The van der Waals surface area contributed by atoms with Gasteiger partial charge in [-0.25, -0.2) is 32.0 Å². The van der Waals surface area contributed by atoms with Gasteiger partial charge in [0.2, 0.25) is 0 Å². The van der Waals surface area contributed by atoms with Gasteiger partial charge >= 0.3 is 0 Å². The fraction of sp³-hybridized carbons (Fsp3) is 0.573. The number of nitrogens with zero attached hydrogens (tertiary/aromatic N) is 7. The molecule has 89 heavy (non-hydrogen) atoms. The van der Waals surface area contributed by atoms with Crippen LogP contribution in [-0.2, 0) is 87.2 Å². The normalized spacial score (nSPS) is 14.4. The van der Waals surface area contributed by atoms with Crippen molar-refractivity contribution < 1.29 is 48.4 Å². The summed E-state index contributed by atoms with van der Waals surface area (Å²) >= 11 is 0. The molecule has 0 radical (unpaired) electrons. The highest BCUT2D eigenvalue weighted by atomic mass is 15.0. The summed E-state index contributed by atoms with van der Waals surface area (Å²) in [4.78, 5) is 0. The van der Waals surface area contributed by atoms with E-state index in [2.05, 4.69) is 257 Å². The van der Waals surface area contributed by atoms with Gasteiger partial charge in [0.1, 0.15) is 49.3 Å². The smallest absolute Gasteiger partial charge is 0.189 e. The molecule has 0 aliphatic carbocycles. The molecule has 7 aromatic heterocycles. The second kappa shape index (κ2) is 31.9. The van der Waals surface area contributed by atoms with Crippen molar-refractivity contribution in [3.05, 3.63) is 205 Å². The standard InChI is InChI=1S/C13H22N.3C12H20N.3C11H18N/c1-9-8-14(7)12(13(4,5)6)11(3)10(9)2;1-9-7-11(12(3,4)5)13(6)8-10(9)2;1-9-7-10(2)11(12(3,4)5)13(6)8-9;1-9-7-8-13(6)11(10(9)2)12(3,4)5;1-9-6-7-12(5)10(8-9)11(2,3)4;1-9-6-7-10(11(2,3)4)12(5)8-9;1-9-7-6-8-12(5)10(9)11(2,3)4/h8H,1-7H3;3*7-8H,1-6H3;3*6-8H,1-5H3/q7*+1/i1D3;2D3;1D3;;;1D3;. The molecule has 0 fully saturated rings. The van der Waals surface area contributed by atoms with Gasteiger partial charge in [-0.05, 0) is 123 Å².